The third-order valence-corrected chi connectivity index (χ3v) is 5.27. The van der Waals surface area contributed by atoms with Crippen LogP contribution in [0.15, 0.2) is 54.6 Å². The normalized spacial score (nSPS) is 12.8. The number of carboxylic acid groups (broad SMARTS) is 1. The average Bonchev–Trinajstić information content (AvgIpc) is 2.41. The molecule has 0 bridgehead atoms. The smallest absolute Gasteiger partial charge is 0.326 e. The van der Waals surface area contributed by atoms with E-state index in [1.807, 2.05) is 0 Å². The second-order valence-corrected chi connectivity index (χ2v) is 7.02. The highest BCUT2D eigenvalue weighted by atomic mass is 35.5. The van der Waals surface area contributed by atoms with Crippen molar-refractivity contribution in [2.45, 2.75) is 11.0 Å². The number of halogens is 1. The highest BCUT2D eigenvalue weighted by Crippen LogP contribution is 2.28. The van der Waals surface area contributed by atoms with Gasteiger partial charge in [-0.05, 0) is 17.2 Å². The van der Waals surface area contributed by atoms with Gasteiger partial charge in [-0.25, -0.2) is 8.42 Å². The van der Waals surface area contributed by atoms with Gasteiger partial charge in [0.05, 0.1) is 5.75 Å². The first-order valence-electron chi connectivity index (χ1n) is 6.14. The zero-order valence-electron chi connectivity index (χ0n) is 10.9. The second-order valence-electron chi connectivity index (χ2n) is 4.53. The monoisotopic (exact) mass is 324 g/mol. The van der Waals surface area contributed by atoms with E-state index in [2.05, 4.69) is 0 Å². The van der Waals surface area contributed by atoms with Crippen molar-refractivity contribution in [3.05, 3.63) is 70.7 Å². The number of hydrogen-bond donors (Lipinski definition) is 1. The number of sulfone groups is 1. The van der Waals surface area contributed by atoms with E-state index in [1.54, 1.807) is 42.5 Å². The first kappa shape index (κ1) is 15.5. The van der Waals surface area contributed by atoms with Crippen LogP contribution >= 0.6 is 11.6 Å². The molecule has 0 fully saturated rings. The first-order chi connectivity index (χ1) is 9.92. The Kier molecular flexibility index (Phi) is 4.65. The van der Waals surface area contributed by atoms with Crippen LogP contribution in [0.5, 0.6) is 0 Å². The van der Waals surface area contributed by atoms with Crippen LogP contribution in [0.4, 0.5) is 0 Å². The Balaban J connectivity index is 2.41. The van der Waals surface area contributed by atoms with Gasteiger partial charge in [-0.2, -0.15) is 0 Å². The molecule has 0 aromatic heterocycles. The van der Waals surface area contributed by atoms with Crippen molar-refractivity contribution < 1.29 is 18.3 Å². The van der Waals surface area contributed by atoms with Gasteiger partial charge in [0.1, 0.15) is 0 Å². The zero-order valence-corrected chi connectivity index (χ0v) is 12.5. The molecular formula is C15H13ClO4S. The van der Waals surface area contributed by atoms with Crippen molar-refractivity contribution >= 4 is 27.4 Å². The molecule has 2 aromatic rings. The fourth-order valence-electron chi connectivity index (χ4n) is 2.05. The lowest BCUT2D eigenvalue weighted by molar-refractivity contribution is -0.136. The topological polar surface area (TPSA) is 71.4 Å². The summed E-state index contributed by atoms with van der Waals surface area (Å²) in [7, 11) is -3.93. The van der Waals surface area contributed by atoms with Gasteiger partial charge >= 0.3 is 5.97 Å². The second kappa shape index (κ2) is 6.28. The molecule has 0 aliphatic carbocycles. The third-order valence-electron chi connectivity index (χ3n) is 3.00. The van der Waals surface area contributed by atoms with E-state index in [-0.39, 0.29) is 5.56 Å². The van der Waals surface area contributed by atoms with Crippen molar-refractivity contribution in [2.24, 2.45) is 0 Å². The molecular weight excluding hydrogens is 312 g/mol. The van der Waals surface area contributed by atoms with Crippen molar-refractivity contribution in [1.29, 1.82) is 0 Å². The van der Waals surface area contributed by atoms with E-state index in [4.69, 9.17) is 11.6 Å². The predicted octanol–water partition coefficient (Wildman–Crippen LogP) is 3.08. The number of carboxylic acids is 1. The third kappa shape index (κ3) is 3.62. The van der Waals surface area contributed by atoms with Crippen LogP contribution in [0.3, 0.4) is 0 Å². The van der Waals surface area contributed by atoms with Gasteiger partial charge in [0.25, 0.3) is 0 Å². The van der Waals surface area contributed by atoms with E-state index in [0.29, 0.717) is 10.6 Å². The minimum atomic E-state index is -3.93. The van der Waals surface area contributed by atoms with Gasteiger partial charge in [-0.1, -0.05) is 60.1 Å². The number of hydrogen-bond acceptors (Lipinski definition) is 3. The summed E-state index contributed by atoms with van der Waals surface area (Å²) in [5.41, 5.74) is 0.624. The summed E-state index contributed by atoms with van der Waals surface area (Å²) >= 11 is 5.95. The van der Waals surface area contributed by atoms with E-state index < -0.39 is 26.8 Å². The molecule has 0 aliphatic rings. The summed E-state index contributed by atoms with van der Waals surface area (Å²) in [6.45, 7) is 0. The lowest BCUT2D eigenvalue weighted by Crippen LogP contribution is -2.23. The van der Waals surface area contributed by atoms with Crippen molar-refractivity contribution in [3.63, 3.8) is 0 Å². The molecule has 2 aromatic carbocycles. The number of aliphatic carboxylic acids is 1. The highest BCUT2D eigenvalue weighted by molar-refractivity contribution is 7.91. The molecule has 1 unspecified atom stereocenters. The molecule has 0 amide bonds. The summed E-state index contributed by atoms with van der Waals surface area (Å²) in [6, 6.07) is 14.4. The standard InChI is InChI=1S/C15H13ClO4S/c16-13-9-5-4-8-12(13)10-21(19,20)14(15(17)18)11-6-2-1-3-7-11/h1-9,14H,10H2,(H,17,18). The molecule has 0 heterocycles. The molecule has 110 valence electrons. The maximum Gasteiger partial charge on any atom is 0.326 e. The Morgan fingerprint density at radius 3 is 2.19 bits per heavy atom. The van der Waals surface area contributed by atoms with Crippen molar-refractivity contribution in [3.8, 4) is 0 Å². The van der Waals surface area contributed by atoms with E-state index >= 15 is 0 Å². The maximum atomic E-state index is 12.5. The van der Waals surface area contributed by atoms with E-state index in [9.17, 15) is 18.3 Å². The largest absolute Gasteiger partial charge is 0.480 e. The van der Waals surface area contributed by atoms with Crippen LogP contribution in [0, 0.1) is 0 Å². The van der Waals surface area contributed by atoms with Crippen LogP contribution in [-0.2, 0) is 20.4 Å². The lowest BCUT2D eigenvalue weighted by atomic mass is 10.1. The summed E-state index contributed by atoms with van der Waals surface area (Å²) in [5.74, 6) is -1.81. The van der Waals surface area contributed by atoms with Crippen LogP contribution in [0.25, 0.3) is 0 Å². The van der Waals surface area contributed by atoms with E-state index in [0.717, 1.165) is 0 Å². The van der Waals surface area contributed by atoms with Gasteiger partial charge < -0.3 is 5.11 Å². The molecule has 4 nitrogen and oxygen atoms in total. The highest BCUT2D eigenvalue weighted by Gasteiger charge is 2.34. The minimum absolute atomic E-state index is 0.233. The number of rotatable bonds is 5. The summed E-state index contributed by atoms with van der Waals surface area (Å²) < 4.78 is 24.9. The fraction of sp³-hybridized carbons (Fsp3) is 0.133. The number of carbonyl (C=O) groups is 1. The Morgan fingerprint density at radius 2 is 1.62 bits per heavy atom. The molecule has 1 atom stereocenters. The van der Waals surface area contributed by atoms with Crippen LogP contribution in [-0.4, -0.2) is 19.5 Å². The summed E-state index contributed by atoms with van der Waals surface area (Å²) in [4.78, 5) is 11.4. The zero-order chi connectivity index (χ0) is 15.5. The Bertz CT molecular complexity index is 741. The fourth-order valence-corrected chi connectivity index (χ4v) is 4.06. The van der Waals surface area contributed by atoms with Gasteiger partial charge in [-0.3, -0.25) is 4.79 Å². The predicted molar refractivity (Wildman–Crippen MR) is 80.9 cm³/mol. The molecule has 1 N–H and O–H groups in total. The molecule has 0 saturated heterocycles. The Labute approximate surface area is 127 Å². The van der Waals surface area contributed by atoms with Gasteiger partial charge in [0.2, 0.25) is 0 Å². The van der Waals surface area contributed by atoms with Crippen LogP contribution in [0.2, 0.25) is 5.02 Å². The average molecular weight is 325 g/mol. The summed E-state index contributed by atoms with van der Waals surface area (Å²) in [6.07, 6.45) is 0. The molecule has 6 heteroatoms. The van der Waals surface area contributed by atoms with Crippen molar-refractivity contribution in [1.82, 2.24) is 0 Å². The molecule has 2 rings (SSSR count). The summed E-state index contributed by atoms with van der Waals surface area (Å²) in [5, 5.41) is 8.00. The number of benzene rings is 2. The van der Waals surface area contributed by atoms with Gasteiger partial charge in [0.15, 0.2) is 15.1 Å². The maximum absolute atomic E-state index is 12.5. The first-order valence-corrected chi connectivity index (χ1v) is 8.24. The van der Waals surface area contributed by atoms with Gasteiger partial charge in [0, 0.05) is 5.02 Å². The van der Waals surface area contributed by atoms with Crippen molar-refractivity contribution in [2.75, 3.05) is 0 Å². The molecule has 21 heavy (non-hydrogen) atoms. The quantitative estimate of drug-likeness (QED) is 0.917. The lowest BCUT2D eigenvalue weighted by Gasteiger charge is -2.14. The van der Waals surface area contributed by atoms with Crippen LogP contribution in [0.1, 0.15) is 16.4 Å². The van der Waals surface area contributed by atoms with Gasteiger partial charge in [-0.15, -0.1) is 0 Å². The minimum Gasteiger partial charge on any atom is -0.480 e. The molecule has 0 saturated carbocycles. The molecule has 0 aliphatic heterocycles. The Hall–Kier alpha value is -1.85. The molecule has 0 radical (unpaired) electrons. The van der Waals surface area contributed by atoms with E-state index in [1.165, 1.54) is 12.1 Å². The van der Waals surface area contributed by atoms with Crippen LogP contribution < -0.4 is 0 Å². The SMILES string of the molecule is O=C(O)C(c1ccccc1)S(=O)(=O)Cc1ccccc1Cl. The Morgan fingerprint density at radius 1 is 1.05 bits per heavy atom. The molecule has 0 spiro atoms.